The van der Waals surface area contributed by atoms with Gasteiger partial charge in [-0.25, -0.2) is 14.4 Å². The summed E-state index contributed by atoms with van der Waals surface area (Å²) in [5.74, 6) is -0.402. The van der Waals surface area contributed by atoms with Crippen molar-refractivity contribution >= 4 is 5.95 Å². The number of aromatic nitrogens is 2. The van der Waals surface area contributed by atoms with Crippen molar-refractivity contribution in [1.82, 2.24) is 14.9 Å². The summed E-state index contributed by atoms with van der Waals surface area (Å²) < 4.78 is 52.6. The molecule has 1 aromatic carbocycles. The number of halogens is 4. The van der Waals surface area contributed by atoms with Crippen LogP contribution < -0.4 is 4.90 Å². The van der Waals surface area contributed by atoms with E-state index in [-0.39, 0.29) is 11.6 Å². The van der Waals surface area contributed by atoms with Crippen LogP contribution in [0.25, 0.3) is 11.3 Å². The van der Waals surface area contributed by atoms with Gasteiger partial charge >= 0.3 is 6.18 Å². The molecule has 1 aliphatic heterocycles. The molecule has 0 aliphatic carbocycles. The molecule has 1 aliphatic rings. The van der Waals surface area contributed by atoms with Crippen LogP contribution in [0, 0.1) is 5.82 Å². The summed E-state index contributed by atoms with van der Waals surface area (Å²) in [6.07, 6.45) is -4.57. The van der Waals surface area contributed by atoms with E-state index >= 15 is 0 Å². The number of piperazine rings is 1. The van der Waals surface area contributed by atoms with E-state index in [9.17, 15) is 17.6 Å². The molecule has 3 rings (SSSR count). The second-order valence-electron chi connectivity index (χ2n) is 5.73. The molecule has 0 saturated carbocycles. The Kier molecular flexibility index (Phi) is 4.40. The largest absolute Gasteiger partial charge is 0.433 e. The van der Waals surface area contributed by atoms with Crippen LogP contribution in [0.2, 0.25) is 0 Å². The predicted molar refractivity (Wildman–Crippen MR) is 82.1 cm³/mol. The van der Waals surface area contributed by atoms with Crippen LogP contribution in [0.15, 0.2) is 30.3 Å². The van der Waals surface area contributed by atoms with Gasteiger partial charge in [-0.15, -0.1) is 0 Å². The summed E-state index contributed by atoms with van der Waals surface area (Å²) >= 11 is 0. The maximum absolute atomic E-state index is 13.2. The normalized spacial score (nSPS) is 16.5. The van der Waals surface area contributed by atoms with Crippen LogP contribution in [-0.2, 0) is 6.18 Å². The van der Waals surface area contributed by atoms with Crippen molar-refractivity contribution in [1.29, 1.82) is 0 Å². The standard InChI is InChI=1S/C16H16F4N4/c1-23-6-8-24(9-7-23)15-21-13(10-14(22-15)16(18,19)20)11-2-4-12(17)5-3-11/h2-5,10H,6-9H2,1H3. The van der Waals surface area contributed by atoms with E-state index in [4.69, 9.17) is 0 Å². The molecule has 2 aromatic rings. The first-order valence-corrected chi connectivity index (χ1v) is 7.48. The summed E-state index contributed by atoms with van der Waals surface area (Å²) in [7, 11) is 1.95. The molecule has 1 fully saturated rings. The zero-order chi connectivity index (χ0) is 17.3. The van der Waals surface area contributed by atoms with Crippen molar-refractivity contribution in [3.05, 3.63) is 41.8 Å². The molecule has 0 radical (unpaired) electrons. The minimum absolute atomic E-state index is 0.0530. The second-order valence-corrected chi connectivity index (χ2v) is 5.73. The lowest BCUT2D eigenvalue weighted by atomic mass is 10.1. The molecular weight excluding hydrogens is 324 g/mol. The van der Waals surface area contributed by atoms with Gasteiger partial charge in [-0.2, -0.15) is 13.2 Å². The van der Waals surface area contributed by atoms with E-state index in [0.29, 0.717) is 18.7 Å². The highest BCUT2D eigenvalue weighted by molar-refractivity contribution is 5.61. The molecule has 0 spiro atoms. The molecule has 24 heavy (non-hydrogen) atoms. The number of rotatable bonds is 2. The molecule has 1 saturated heterocycles. The summed E-state index contributed by atoms with van der Waals surface area (Å²) in [4.78, 5) is 11.8. The summed E-state index contributed by atoms with van der Waals surface area (Å²) in [6, 6.07) is 6.10. The van der Waals surface area contributed by atoms with E-state index < -0.39 is 17.7 Å². The molecule has 0 N–H and O–H groups in total. The number of nitrogens with zero attached hydrogens (tertiary/aromatic N) is 4. The van der Waals surface area contributed by atoms with Gasteiger partial charge in [0.1, 0.15) is 5.82 Å². The van der Waals surface area contributed by atoms with E-state index in [0.717, 1.165) is 19.2 Å². The van der Waals surface area contributed by atoms with Crippen molar-refractivity contribution in [2.24, 2.45) is 0 Å². The zero-order valence-corrected chi connectivity index (χ0v) is 13.0. The molecule has 0 bridgehead atoms. The summed E-state index contributed by atoms with van der Waals surface area (Å²) in [5.41, 5.74) is -0.448. The van der Waals surface area contributed by atoms with E-state index in [1.807, 2.05) is 7.05 Å². The van der Waals surface area contributed by atoms with Crippen molar-refractivity contribution < 1.29 is 17.6 Å². The molecule has 1 aromatic heterocycles. The zero-order valence-electron chi connectivity index (χ0n) is 13.0. The van der Waals surface area contributed by atoms with Crippen molar-refractivity contribution in [3.8, 4) is 11.3 Å². The molecule has 0 atom stereocenters. The van der Waals surface area contributed by atoms with Gasteiger partial charge in [0.05, 0.1) is 5.69 Å². The molecular formula is C16H16F4N4. The lowest BCUT2D eigenvalue weighted by molar-refractivity contribution is -0.141. The third kappa shape index (κ3) is 3.64. The Morgan fingerprint density at radius 1 is 0.958 bits per heavy atom. The van der Waals surface area contributed by atoms with Gasteiger partial charge < -0.3 is 9.80 Å². The van der Waals surface area contributed by atoms with Gasteiger partial charge in [-0.3, -0.25) is 0 Å². The fourth-order valence-electron chi connectivity index (χ4n) is 2.50. The maximum Gasteiger partial charge on any atom is 0.433 e. The van der Waals surface area contributed by atoms with Gasteiger partial charge in [0.25, 0.3) is 0 Å². The smallest absolute Gasteiger partial charge is 0.338 e. The first-order chi connectivity index (χ1) is 11.3. The monoisotopic (exact) mass is 340 g/mol. The molecule has 4 nitrogen and oxygen atoms in total. The number of hydrogen-bond donors (Lipinski definition) is 0. The first kappa shape index (κ1) is 16.6. The summed E-state index contributed by atoms with van der Waals surface area (Å²) in [6.45, 7) is 2.57. The maximum atomic E-state index is 13.2. The van der Waals surface area contributed by atoms with Crippen LogP contribution in [-0.4, -0.2) is 48.1 Å². The third-order valence-corrected chi connectivity index (χ3v) is 3.93. The number of anilines is 1. The van der Waals surface area contributed by atoms with E-state index in [2.05, 4.69) is 14.9 Å². The summed E-state index contributed by atoms with van der Waals surface area (Å²) in [5, 5.41) is 0. The van der Waals surface area contributed by atoms with Crippen LogP contribution in [0.1, 0.15) is 5.69 Å². The highest BCUT2D eigenvalue weighted by Gasteiger charge is 2.34. The Morgan fingerprint density at radius 2 is 1.58 bits per heavy atom. The Morgan fingerprint density at radius 3 is 2.17 bits per heavy atom. The van der Waals surface area contributed by atoms with Gasteiger partial charge in [0.15, 0.2) is 5.69 Å². The topological polar surface area (TPSA) is 32.3 Å². The molecule has 2 heterocycles. The quantitative estimate of drug-likeness (QED) is 0.787. The average Bonchev–Trinajstić information content (AvgIpc) is 2.55. The van der Waals surface area contributed by atoms with Gasteiger partial charge in [0, 0.05) is 31.7 Å². The minimum atomic E-state index is -4.57. The molecule has 0 unspecified atom stereocenters. The Hall–Kier alpha value is -2.22. The number of likely N-dealkylation sites (N-methyl/N-ethyl adjacent to an activating group) is 1. The van der Waals surface area contributed by atoms with Gasteiger partial charge in [-0.1, -0.05) is 0 Å². The van der Waals surface area contributed by atoms with Crippen LogP contribution >= 0.6 is 0 Å². The SMILES string of the molecule is CN1CCN(c2nc(-c3ccc(F)cc3)cc(C(F)(F)F)n2)CC1. The Bertz CT molecular complexity index is 707. The minimum Gasteiger partial charge on any atom is -0.338 e. The lowest BCUT2D eigenvalue weighted by Gasteiger charge is -2.32. The highest BCUT2D eigenvalue weighted by Crippen LogP contribution is 2.32. The molecule has 0 amide bonds. The lowest BCUT2D eigenvalue weighted by Crippen LogP contribution is -2.45. The van der Waals surface area contributed by atoms with Gasteiger partial charge in [0.2, 0.25) is 5.95 Å². The van der Waals surface area contributed by atoms with Crippen LogP contribution in [0.3, 0.4) is 0 Å². The first-order valence-electron chi connectivity index (χ1n) is 7.48. The fraction of sp³-hybridized carbons (Fsp3) is 0.375. The second kappa shape index (κ2) is 6.35. The van der Waals surface area contributed by atoms with Crippen LogP contribution in [0.5, 0.6) is 0 Å². The Balaban J connectivity index is 2.02. The van der Waals surface area contributed by atoms with Crippen molar-refractivity contribution in [3.63, 3.8) is 0 Å². The predicted octanol–water partition coefficient (Wildman–Crippen LogP) is 3.05. The third-order valence-electron chi connectivity index (χ3n) is 3.93. The molecule has 128 valence electrons. The average molecular weight is 340 g/mol. The van der Waals surface area contributed by atoms with Gasteiger partial charge in [-0.05, 0) is 37.4 Å². The number of benzene rings is 1. The van der Waals surface area contributed by atoms with Crippen molar-refractivity contribution in [2.45, 2.75) is 6.18 Å². The van der Waals surface area contributed by atoms with Crippen molar-refractivity contribution in [2.75, 3.05) is 38.1 Å². The van der Waals surface area contributed by atoms with E-state index in [1.54, 1.807) is 4.90 Å². The van der Waals surface area contributed by atoms with Crippen LogP contribution in [0.4, 0.5) is 23.5 Å². The number of alkyl halides is 3. The molecule has 8 heteroatoms. The fourth-order valence-corrected chi connectivity index (χ4v) is 2.50. The van der Waals surface area contributed by atoms with E-state index in [1.165, 1.54) is 24.3 Å². The Labute approximate surface area is 136 Å². The number of hydrogen-bond acceptors (Lipinski definition) is 4. The highest BCUT2D eigenvalue weighted by atomic mass is 19.4.